The molecule has 0 radical (unpaired) electrons. The van der Waals surface area contributed by atoms with Crippen LogP contribution in [0.4, 0.5) is 0 Å². The van der Waals surface area contributed by atoms with Crippen molar-refractivity contribution in [3.05, 3.63) is 22.8 Å². The Labute approximate surface area is 114 Å². The summed E-state index contributed by atoms with van der Waals surface area (Å²) < 4.78 is 0.263. The monoisotopic (exact) mass is 265 g/mol. The molecule has 3 nitrogen and oxygen atoms in total. The molecule has 0 bridgehead atoms. The number of nitrogens with one attached hydrogen (secondary N) is 1. The van der Waals surface area contributed by atoms with Crippen molar-refractivity contribution in [1.82, 2.24) is 15.3 Å². The van der Waals surface area contributed by atoms with Crippen LogP contribution in [0.25, 0.3) is 0 Å². The molecule has 18 heavy (non-hydrogen) atoms. The van der Waals surface area contributed by atoms with E-state index >= 15 is 0 Å². The molecule has 1 N–H and O–H groups in total. The van der Waals surface area contributed by atoms with E-state index in [1.54, 1.807) is 0 Å². The second-order valence-electron chi connectivity index (χ2n) is 6.11. The van der Waals surface area contributed by atoms with Crippen molar-refractivity contribution in [1.29, 1.82) is 0 Å². The molecule has 0 fully saturated rings. The Bertz CT molecular complexity index is 435. The van der Waals surface area contributed by atoms with Gasteiger partial charge in [-0.25, -0.2) is 9.97 Å². The fraction of sp³-hybridized carbons (Fsp3) is 0.714. The molecule has 0 aromatic carbocycles. The largest absolute Gasteiger partial charge is 0.307 e. The molecule has 0 unspecified atom stereocenters. The number of hydrogen-bond acceptors (Lipinski definition) is 4. The maximum atomic E-state index is 4.78. The first kappa shape index (κ1) is 13.8. The maximum Gasteiger partial charge on any atom is 0.138 e. The van der Waals surface area contributed by atoms with Crippen molar-refractivity contribution in [3.8, 4) is 0 Å². The average molecular weight is 265 g/mol. The molecule has 1 aliphatic rings. The van der Waals surface area contributed by atoms with Crippen LogP contribution in [0.5, 0.6) is 0 Å². The summed E-state index contributed by atoms with van der Waals surface area (Å²) in [6, 6.07) is 0. The summed E-state index contributed by atoms with van der Waals surface area (Å²) in [5.74, 6) is 2.36. The minimum atomic E-state index is 0.263. The van der Waals surface area contributed by atoms with Gasteiger partial charge in [0.2, 0.25) is 0 Å². The second kappa shape index (κ2) is 5.17. The third kappa shape index (κ3) is 3.23. The van der Waals surface area contributed by atoms with Crippen molar-refractivity contribution in [3.63, 3.8) is 0 Å². The third-order valence-corrected chi connectivity index (χ3v) is 4.21. The van der Waals surface area contributed by atoms with E-state index in [4.69, 9.17) is 9.97 Å². The highest BCUT2D eigenvalue weighted by Gasteiger charge is 2.21. The smallest absolute Gasteiger partial charge is 0.138 e. The van der Waals surface area contributed by atoms with E-state index < -0.39 is 0 Å². The topological polar surface area (TPSA) is 37.8 Å². The zero-order chi connectivity index (χ0) is 13.3. The fourth-order valence-electron chi connectivity index (χ4n) is 2.07. The Kier molecular flexibility index (Phi) is 3.97. The lowest BCUT2D eigenvalue weighted by Crippen LogP contribution is -2.11. The average Bonchev–Trinajstić information content (AvgIpc) is 2.71. The molecule has 0 saturated carbocycles. The van der Waals surface area contributed by atoms with Crippen molar-refractivity contribution >= 4 is 11.8 Å². The van der Waals surface area contributed by atoms with E-state index in [2.05, 4.69) is 39.9 Å². The highest BCUT2D eigenvalue weighted by Crippen LogP contribution is 2.28. The molecular weight excluding hydrogens is 242 g/mol. The molecule has 2 rings (SSSR count). The van der Waals surface area contributed by atoms with E-state index in [0.29, 0.717) is 5.92 Å². The zero-order valence-electron chi connectivity index (χ0n) is 12.0. The van der Waals surface area contributed by atoms with Gasteiger partial charge < -0.3 is 5.32 Å². The van der Waals surface area contributed by atoms with E-state index in [1.807, 2.05) is 11.8 Å². The van der Waals surface area contributed by atoms with Gasteiger partial charge in [0.1, 0.15) is 5.82 Å². The summed E-state index contributed by atoms with van der Waals surface area (Å²) in [6.07, 6.45) is 0. The molecule has 1 aliphatic heterocycles. The van der Waals surface area contributed by atoms with Crippen LogP contribution in [-0.4, -0.2) is 14.7 Å². The van der Waals surface area contributed by atoms with Crippen LogP contribution in [0, 0.1) is 0 Å². The maximum absolute atomic E-state index is 4.78. The van der Waals surface area contributed by atoms with Gasteiger partial charge in [-0.05, 0) is 5.92 Å². The minimum absolute atomic E-state index is 0.263. The minimum Gasteiger partial charge on any atom is -0.307 e. The highest BCUT2D eigenvalue weighted by molar-refractivity contribution is 7.99. The molecule has 100 valence electrons. The van der Waals surface area contributed by atoms with Gasteiger partial charge in [-0.15, -0.1) is 11.8 Å². The van der Waals surface area contributed by atoms with Crippen LogP contribution < -0.4 is 5.32 Å². The van der Waals surface area contributed by atoms with Crippen LogP contribution in [0.1, 0.15) is 63.3 Å². The second-order valence-corrected chi connectivity index (χ2v) is 7.91. The van der Waals surface area contributed by atoms with Crippen LogP contribution in [0.15, 0.2) is 0 Å². The standard InChI is InChI=1S/C14H23N3S/c1-9(2)13-10-6-15-7-11(10)16-12(17-13)8-18-14(3,4)5/h9,15H,6-8H2,1-5H3. The molecule has 4 heteroatoms. The van der Waals surface area contributed by atoms with Crippen molar-refractivity contribution in [2.75, 3.05) is 0 Å². The summed E-state index contributed by atoms with van der Waals surface area (Å²) in [5, 5.41) is 3.37. The lowest BCUT2D eigenvalue weighted by Gasteiger charge is -2.18. The molecule has 1 aromatic heterocycles. The first-order valence-electron chi connectivity index (χ1n) is 6.60. The van der Waals surface area contributed by atoms with Crippen LogP contribution in [-0.2, 0) is 18.8 Å². The van der Waals surface area contributed by atoms with Crippen LogP contribution in [0.2, 0.25) is 0 Å². The molecule has 0 atom stereocenters. The fourth-order valence-corrected chi connectivity index (χ4v) is 2.76. The zero-order valence-corrected chi connectivity index (χ0v) is 12.8. The number of hydrogen-bond donors (Lipinski definition) is 1. The van der Waals surface area contributed by atoms with Crippen molar-refractivity contribution in [2.45, 2.75) is 64.1 Å². The number of thioether (sulfide) groups is 1. The van der Waals surface area contributed by atoms with Crippen molar-refractivity contribution in [2.24, 2.45) is 0 Å². The van der Waals surface area contributed by atoms with Gasteiger partial charge in [-0.3, -0.25) is 0 Å². The molecule has 2 heterocycles. The molecule has 1 aromatic rings. The van der Waals surface area contributed by atoms with Gasteiger partial charge in [0, 0.05) is 23.4 Å². The van der Waals surface area contributed by atoms with E-state index in [0.717, 1.165) is 24.7 Å². The van der Waals surface area contributed by atoms with Gasteiger partial charge in [0.05, 0.1) is 17.1 Å². The summed E-state index contributed by atoms with van der Waals surface area (Å²) in [7, 11) is 0. The van der Waals surface area contributed by atoms with Gasteiger partial charge in [-0.2, -0.15) is 0 Å². The molecular formula is C14H23N3S. The number of nitrogens with zero attached hydrogens (tertiary/aromatic N) is 2. The van der Waals surface area contributed by atoms with Crippen LogP contribution >= 0.6 is 11.8 Å². The van der Waals surface area contributed by atoms with E-state index in [1.165, 1.54) is 17.0 Å². The summed E-state index contributed by atoms with van der Waals surface area (Å²) >= 11 is 1.91. The molecule has 0 aliphatic carbocycles. The van der Waals surface area contributed by atoms with Gasteiger partial charge in [-0.1, -0.05) is 34.6 Å². The molecule has 0 saturated heterocycles. The highest BCUT2D eigenvalue weighted by atomic mass is 32.2. The van der Waals surface area contributed by atoms with Gasteiger partial charge in [0.15, 0.2) is 0 Å². The van der Waals surface area contributed by atoms with E-state index in [-0.39, 0.29) is 4.75 Å². The first-order valence-corrected chi connectivity index (χ1v) is 7.58. The van der Waals surface area contributed by atoms with Crippen LogP contribution in [0.3, 0.4) is 0 Å². The number of aromatic nitrogens is 2. The lowest BCUT2D eigenvalue weighted by atomic mass is 10.0. The number of fused-ring (bicyclic) bond motifs is 1. The predicted molar refractivity (Wildman–Crippen MR) is 77.7 cm³/mol. The first-order chi connectivity index (χ1) is 8.37. The molecule has 0 spiro atoms. The third-order valence-electron chi connectivity index (χ3n) is 2.95. The Morgan fingerprint density at radius 2 is 1.94 bits per heavy atom. The van der Waals surface area contributed by atoms with Gasteiger partial charge >= 0.3 is 0 Å². The molecule has 0 amide bonds. The number of rotatable bonds is 3. The SMILES string of the molecule is CC(C)c1nc(CSC(C)(C)C)nc2c1CNC2. The Morgan fingerprint density at radius 3 is 2.56 bits per heavy atom. The Morgan fingerprint density at radius 1 is 1.22 bits per heavy atom. The predicted octanol–water partition coefficient (Wildman–Crippen LogP) is 3.23. The Balaban J connectivity index is 2.25. The summed E-state index contributed by atoms with van der Waals surface area (Å²) in [5.41, 5.74) is 3.77. The summed E-state index contributed by atoms with van der Waals surface area (Å²) in [6.45, 7) is 12.9. The quantitative estimate of drug-likeness (QED) is 0.910. The lowest BCUT2D eigenvalue weighted by molar-refractivity contribution is 0.746. The van der Waals surface area contributed by atoms with Gasteiger partial charge in [0.25, 0.3) is 0 Å². The Hall–Kier alpha value is -0.610. The summed E-state index contributed by atoms with van der Waals surface area (Å²) in [4.78, 5) is 9.48. The van der Waals surface area contributed by atoms with Crippen molar-refractivity contribution < 1.29 is 0 Å². The normalized spacial score (nSPS) is 15.2. The van der Waals surface area contributed by atoms with E-state index in [9.17, 15) is 0 Å².